The van der Waals surface area contributed by atoms with Gasteiger partial charge in [0, 0.05) is 6.16 Å². The lowest BCUT2D eigenvalue weighted by Gasteiger charge is -2.30. The van der Waals surface area contributed by atoms with Crippen LogP contribution in [0, 0.1) is 5.41 Å². The Kier molecular flexibility index (Phi) is 6.05. The number of hydrogen-bond donors (Lipinski definition) is 0. The fraction of sp³-hybridized carbons (Fsp3) is 1.00. The van der Waals surface area contributed by atoms with Crippen molar-refractivity contribution in [3.8, 4) is 0 Å². The van der Waals surface area contributed by atoms with E-state index in [9.17, 15) is 4.57 Å². The Labute approximate surface area is 90.0 Å². The molecule has 0 aromatic heterocycles. The van der Waals surface area contributed by atoms with Gasteiger partial charge in [-0.1, -0.05) is 40.0 Å². The number of hydrogen-bond acceptors (Lipinski definition) is 1. The van der Waals surface area contributed by atoms with E-state index in [2.05, 4.69) is 20.8 Å². The van der Waals surface area contributed by atoms with E-state index in [4.69, 9.17) is 0 Å². The van der Waals surface area contributed by atoms with Crippen LogP contribution in [0.15, 0.2) is 0 Å². The van der Waals surface area contributed by atoms with E-state index in [0.717, 1.165) is 12.6 Å². The quantitative estimate of drug-likeness (QED) is 0.570. The first kappa shape index (κ1) is 14.2. The van der Waals surface area contributed by atoms with E-state index >= 15 is 0 Å². The van der Waals surface area contributed by atoms with Gasteiger partial charge in [0.2, 0.25) is 0 Å². The molecular weight excluding hydrogens is 191 g/mol. The van der Waals surface area contributed by atoms with Gasteiger partial charge in [0.05, 0.1) is 7.14 Å². The monoisotopic (exact) mass is 218 g/mol. The summed E-state index contributed by atoms with van der Waals surface area (Å²) in [7, 11) is -1.78. The predicted octanol–water partition coefficient (Wildman–Crippen LogP) is 4.61. The Hall–Kier alpha value is 0.230. The standard InChI is InChI=1S/C12H27OP/c1-6-12(7-2,8-3)10-9-11-14(4,5)13/h6-11H2,1-5H3. The average molecular weight is 218 g/mol. The summed E-state index contributed by atoms with van der Waals surface area (Å²) < 4.78 is 11.6. The molecular formula is C12H27OP. The summed E-state index contributed by atoms with van der Waals surface area (Å²) in [6.07, 6.45) is 7.10. The molecule has 0 heterocycles. The molecule has 0 aromatic carbocycles. The molecule has 0 atom stereocenters. The minimum Gasteiger partial charge on any atom is -0.324 e. The minimum absolute atomic E-state index is 0.523. The lowest BCUT2D eigenvalue weighted by atomic mass is 9.76. The Morgan fingerprint density at radius 1 is 1.00 bits per heavy atom. The third-order valence-electron chi connectivity index (χ3n) is 3.65. The van der Waals surface area contributed by atoms with E-state index in [1.807, 2.05) is 13.3 Å². The summed E-state index contributed by atoms with van der Waals surface area (Å²) in [4.78, 5) is 0. The molecule has 0 saturated heterocycles. The number of rotatable bonds is 7. The summed E-state index contributed by atoms with van der Waals surface area (Å²) in [6, 6.07) is 0. The molecule has 0 radical (unpaired) electrons. The molecule has 14 heavy (non-hydrogen) atoms. The molecule has 0 spiro atoms. The van der Waals surface area contributed by atoms with E-state index in [-0.39, 0.29) is 0 Å². The molecule has 0 rings (SSSR count). The summed E-state index contributed by atoms with van der Waals surface area (Å²) in [6.45, 7) is 10.6. The molecule has 0 bridgehead atoms. The van der Waals surface area contributed by atoms with Crippen molar-refractivity contribution in [2.24, 2.45) is 5.41 Å². The smallest absolute Gasteiger partial charge is 0.0819 e. The van der Waals surface area contributed by atoms with E-state index in [0.29, 0.717) is 5.41 Å². The molecule has 0 aromatic rings. The molecule has 0 aliphatic carbocycles. The molecule has 2 heteroatoms. The van der Waals surface area contributed by atoms with Crippen LogP contribution in [0.1, 0.15) is 52.9 Å². The highest BCUT2D eigenvalue weighted by Crippen LogP contribution is 2.41. The zero-order chi connectivity index (χ0) is 11.2. The molecule has 0 amide bonds. The largest absolute Gasteiger partial charge is 0.324 e. The first-order chi connectivity index (χ1) is 6.39. The normalized spacial score (nSPS) is 13.2. The second-order valence-corrected chi connectivity index (χ2v) is 8.56. The lowest BCUT2D eigenvalue weighted by Crippen LogP contribution is -2.17. The molecule has 0 aliphatic rings. The van der Waals surface area contributed by atoms with Crippen LogP contribution in [0.4, 0.5) is 0 Å². The molecule has 0 N–H and O–H groups in total. The summed E-state index contributed by atoms with van der Waals surface area (Å²) >= 11 is 0. The average Bonchev–Trinajstić information content (AvgIpc) is 2.11. The fourth-order valence-electron chi connectivity index (χ4n) is 2.12. The van der Waals surface area contributed by atoms with Gasteiger partial charge in [-0.3, -0.25) is 0 Å². The van der Waals surface area contributed by atoms with Gasteiger partial charge < -0.3 is 4.57 Å². The van der Waals surface area contributed by atoms with Gasteiger partial charge in [0.25, 0.3) is 0 Å². The van der Waals surface area contributed by atoms with Crippen molar-refractivity contribution >= 4 is 7.14 Å². The summed E-state index contributed by atoms with van der Waals surface area (Å²) in [5.74, 6) is 0. The topological polar surface area (TPSA) is 17.1 Å². The SMILES string of the molecule is CCC(CC)(CC)CCCP(C)(C)=O. The van der Waals surface area contributed by atoms with Gasteiger partial charge in [-0.15, -0.1) is 0 Å². The third-order valence-corrected chi connectivity index (χ3v) is 5.05. The Bertz CT molecular complexity index is 180. The van der Waals surface area contributed by atoms with Gasteiger partial charge in [-0.2, -0.15) is 0 Å². The first-order valence-electron chi connectivity index (χ1n) is 5.93. The lowest BCUT2D eigenvalue weighted by molar-refractivity contribution is 0.227. The van der Waals surface area contributed by atoms with Gasteiger partial charge in [0.1, 0.15) is 0 Å². The second kappa shape index (κ2) is 5.95. The van der Waals surface area contributed by atoms with Gasteiger partial charge in [0.15, 0.2) is 0 Å². The van der Waals surface area contributed by atoms with Crippen LogP contribution in [0.25, 0.3) is 0 Å². The second-order valence-electron chi connectivity index (χ2n) is 4.96. The fourth-order valence-corrected chi connectivity index (χ4v) is 3.03. The first-order valence-corrected chi connectivity index (χ1v) is 8.72. The maximum absolute atomic E-state index is 11.6. The van der Waals surface area contributed by atoms with Gasteiger partial charge >= 0.3 is 0 Å². The van der Waals surface area contributed by atoms with Crippen LogP contribution in [0.2, 0.25) is 0 Å². The van der Waals surface area contributed by atoms with E-state index < -0.39 is 7.14 Å². The zero-order valence-corrected chi connectivity index (χ0v) is 11.5. The maximum Gasteiger partial charge on any atom is 0.0819 e. The minimum atomic E-state index is -1.78. The molecule has 0 fully saturated rings. The van der Waals surface area contributed by atoms with Gasteiger partial charge in [-0.05, 0) is 31.6 Å². The van der Waals surface area contributed by atoms with Crippen molar-refractivity contribution in [1.82, 2.24) is 0 Å². The predicted molar refractivity (Wildman–Crippen MR) is 66.9 cm³/mol. The summed E-state index contributed by atoms with van der Waals surface area (Å²) in [5, 5.41) is 0. The van der Waals surface area contributed by atoms with Crippen LogP contribution >= 0.6 is 7.14 Å². The van der Waals surface area contributed by atoms with Crippen molar-refractivity contribution in [1.29, 1.82) is 0 Å². The maximum atomic E-state index is 11.6. The molecule has 1 nitrogen and oxygen atoms in total. The molecule has 86 valence electrons. The van der Waals surface area contributed by atoms with Crippen molar-refractivity contribution in [3.63, 3.8) is 0 Å². The Morgan fingerprint density at radius 2 is 1.43 bits per heavy atom. The van der Waals surface area contributed by atoms with Crippen molar-refractivity contribution in [2.75, 3.05) is 19.5 Å². The Balaban J connectivity index is 4.01. The van der Waals surface area contributed by atoms with Crippen molar-refractivity contribution in [2.45, 2.75) is 52.9 Å². The van der Waals surface area contributed by atoms with Gasteiger partial charge in [-0.25, -0.2) is 0 Å². The molecule has 0 unspecified atom stereocenters. The van der Waals surface area contributed by atoms with Crippen LogP contribution in [-0.4, -0.2) is 19.5 Å². The van der Waals surface area contributed by atoms with Crippen molar-refractivity contribution < 1.29 is 4.57 Å². The third kappa shape index (κ3) is 5.20. The Morgan fingerprint density at radius 3 is 1.71 bits per heavy atom. The van der Waals surface area contributed by atoms with Crippen molar-refractivity contribution in [3.05, 3.63) is 0 Å². The summed E-state index contributed by atoms with van der Waals surface area (Å²) in [5.41, 5.74) is 0.523. The van der Waals surface area contributed by atoms with Crippen LogP contribution < -0.4 is 0 Å². The zero-order valence-electron chi connectivity index (χ0n) is 10.6. The molecule has 0 aliphatic heterocycles. The van der Waals surface area contributed by atoms with E-state index in [1.54, 1.807) is 0 Å². The highest BCUT2D eigenvalue weighted by atomic mass is 31.2. The van der Waals surface area contributed by atoms with Crippen LogP contribution in [0.3, 0.4) is 0 Å². The highest BCUT2D eigenvalue weighted by Gasteiger charge is 2.23. The molecule has 0 saturated carbocycles. The van der Waals surface area contributed by atoms with Crippen LogP contribution in [0.5, 0.6) is 0 Å². The van der Waals surface area contributed by atoms with Crippen LogP contribution in [-0.2, 0) is 4.57 Å². The van der Waals surface area contributed by atoms with E-state index in [1.165, 1.54) is 25.7 Å². The highest BCUT2D eigenvalue weighted by molar-refractivity contribution is 7.62.